The summed E-state index contributed by atoms with van der Waals surface area (Å²) in [6, 6.07) is 3.29. The van der Waals surface area contributed by atoms with E-state index in [1.165, 1.54) is 6.26 Å². The predicted octanol–water partition coefficient (Wildman–Crippen LogP) is 2.72. The first-order chi connectivity index (χ1) is 11.7. The van der Waals surface area contributed by atoms with Crippen LogP contribution in [-0.4, -0.2) is 28.8 Å². The highest BCUT2D eigenvalue weighted by atomic mass is 16.6. The second kappa shape index (κ2) is 7.33. The van der Waals surface area contributed by atoms with Crippen molar-refractivity contribution in [1.29, 1.82) is 0 Å². The number of esters is 1. The highest BCUT2D eigenvalue weighted by Gasteiger charge is 2.20. The first kappa shape index (κ1) is 18.4. The summed E-state index contributed by atoms with van der Waals surface area (Å²) in [6.07, 6.45) is 2.56. The number of nitrogens with one attached hydrogen (secondary N) is 1. The largest absolute Gasteiger partial charge is 0.444 e. The van der Waals surface area contributed by atoms with Crippen LogP contribution in [0.4, 0.5) is 10.5 Å². The lowest BCUT2D eigenvalue weighted by Crippen LogP contribution is -2.34. The van der Waals surface area contributed by atoms with E-state index in [1.807, 2.05) is 0 Å². The molecular weight excluding hydrogens is 326 g/mol. The molecule has 136 valence electrons. The van der Waals surface area contributed by atoms with Crippen LogP contribution in [-0.2, 0) is 11.3 Å². The number of hydrogen-bond donors (Lipinski definition) is 2. The molecule has 0 unspecified atom stereocenters. The summed E-state index contributed by atoms with van der Waals surface area (Å²) in [5, 5.41) is 2.62. The number of carbonyl (C=O) groups is 2. The monoisotopic (exact) mass is 349 g/mol. The number of nitrogens with two attached hydrogens (primary N) is 1. The van der Waals surface area contributed by atoms with Gasteiger partial charge in [0.2, 0.25) is 0 Å². The van der Waals surface area contributed by atoms with E-state index in [0.717, 1.165) is 0 Å². The van der Waals surface area contributed by atoms with Crippen LogP contribution < -0.4 is 15.8 Å². The Balaban J connectivity index is 1.98. The molecule has 0 spiro atoms. The molecule has 0 saturated carbocycles. The Morgan fingerprint density at radius 2 is 2.04 bits per heavy atom. The molecule has 0 aromatic carbocycles. The van der Waals surface area contributed by atoms with Gasteiger partial charge in [0.05, 0.1) is 12.0 Å². The quantitative estimate of drug-likeness (QED) is 0.803. The van der Waals surface area contributed by atoms with Gasteiger partial charge in [0, 0.05) is 24.8 Å². The van der Waals surface area contributed by atoms with Crippen molar-refractivity contribution in [3.63, 3.8) is 0 Å². The van der Waals surface area contributed by atoms with E-state index in [0.29, 0.717) is 12.1 Å². The Morgan fingerprint density at radius 1 is 1.32 bits per heavy atom. The Hall–Kier alpha value is -2.90. The standard InChI is InChI=1S/C17H23N3O5/c1-11-6-10-23-15(11)24-14(21)13-12(18)5-8-20(13)9-7-19-16(22)25-17(2,3)4/h5-6,8,10H,7,9,18H2,1-4H3,(H,19,22). The molecular formula is C17H23N3O5. The number of anilines is 1. The fraction of sp³-hybridized carbons (Fsp3) is 0.412. The van der Waals surface area contributed by atoms with Crippen LogP contribution in [0.2, 0.25) is 0 Å². The fourth-order valence-corrected chi connectivity index (χ4v) is 2.10. The first-order valence-electron chi connectivity index (χ1n) is 7.85. The van der Waals surface area contributed by atoms with E-state index in [4.69, 9.17) is 19.6 Å². The van der Waals surface area contributed by atoms with Crippen molar-refractivity contribution in [2.75, 3.05) is 12.3 Å². The van der Waals surface area contributed by atoms with Crippen LogP contribution in [0.5, 0.6) is 5.95 Å². The Kier molecular flexibility index (Phi) is 5.41. The van der Waals surface area contributed by atoms with E-state index in [1.54, 1.807) is 50.6 Å². The first-order valence-corrected chi connectivity index (χ1v) is 7.85. The van der Waals surface area contributed by atoms with Crippen LogP contribution in [0.1, 0.15) is 36.8 Å². The Labute approximate surface area is 145 Å². The average Bonchev–Trinajstić information content (AvgIpc) is 3.04. The minimum atomic E-state index is -0.627. The Bertz CT molecular complexity index is 755. The molecule has 0 saturated heterocycles. The molecule has 0 aliphatic rings. The maximum Gasteiger partial charge on any atom is 0.407 e. The number of aromatic nitrogens is 1. The molecule has 25 heavy (non-hydrogen) atoms. The number of alkyl carbamates (subject to hydrolysis) is 1. The molecule has 0 atom stereocenters. The molecule has 0 aliphatic carbocycles. The van der Waals surface area contributed by atoms with E-state index >= 15 is 0 Å². The molecule has 2 heterocycles. The molecule has 0 aliphatic heterocycles. The fourth-order valence-electron chi connectivity index (χ4n) is 2.10. The van der Waals surface area contributed by atoms with Gasteiger partial charge in [0.15, 0.2) is 5.69 Å². The van der Waals surface area contributed by atoms with Gasteiger partial charge >= 0.3 is 12.1 Å². The smallest absolute Gasteiger partial charge is 0.407 e. The molecule has 2 aromatic heterocycles. The summed E-state index contributed by atoms with van der Waals surface area (Å²) in [7, 11) is 0. The average molecular weight is 349 g/mol. The summed E-state index contributed by atoms with van der Waals surface area (Å²) < 4.78 is 17.1. The minimum absolute atomic E-state index is 0.129. The normalized spacial score (nSPS) is 11.2. The lowest BCUT2D eigenvalue weighted by atomic mass is 10.2. The number of ether oxygens (including phenoxy) is 2. The molecule has 2 rings (SSSR count). The van der Waals surface area contributed by atoms with Gasteiger partial charge in [-0.2, -0.15) is 0 Å². The zero-order valence-corrected chi connectivity index (χ0v) is 14.8. The molecule has 1 amide bonds. The van der Waals surface area contributed by atoms with Crippen LogP contribution >= 0.6 is 0 Å². The van der Waals surface area contributed by atoms with Gasteiger partial charge in [0.25, 0.3) is 5.95 Å². The predicted molar refractivity (Wildman–Crippen MR) is 91.5 cm³/mol. The highest BCUT2D eigenvalue weighted by molar-refractivity contribution is 5.94. The van der Waals surface area contributed by atoms with Crippen molar-refractivity contribution >= 4 is 17.7 Å². The van der Waals surface area contributed by atoms with Crippen molar-refractivity contribution in [1.82, 2.24) is 9.88 Å². The van der Waals surface area contributed by atoms with Crippen LogP contribution in [0.3, 0.4) is 0 Å². The van der Waals surface area contributed by atoms with E-state index in [9.17, 15) is 9.59 Å². The van der Waals surface area contributed by atoms with E-state index in [-0.39, 0.29) is 23.9 Å². The van der Waals surface area contributed by atoms with Crippen molar-refractivity contribution in [3.05, 3.63) is 35.9 Å². The molecule has 2 aromatic rings. The topological polar surface area (TPSA) is 109 Å². The van der Waals surface area contributed by atoms with E-state index < -0.39 is 17.7 Å². The third-order valence-corrected chi connectivity index (χ3v) is 3.21. The number of furan rings is 1. The summed E-state index contributed by atoms with van der Waals surface area (Å²) >= 11 is 0. The second-order valence-electron chi connectivity index (χ2n) is 6.52. The lowest BCUT2D eigenvalue weighted by molar-refractivity contribution is 0.0526. The number of hydrogen-bond acceptors (Lipinski definition) is 6. The van der Waals surface area contributed by atoms with Gasteiger partial charge in [0.1, 0.15) is 5.60 Å². The summed E-state index contributed by atoms with van der Waals surface area (Å²) in [4.78, 5) is 24.0. The molecule has 0 bridgehead atoms. The van der Waals surface area contributed by atoms with Gasteiger partial charge < -0.3 is 29.5 Å². The van der Waals surface area contributed by atoms with Crippen molar-refractivity contribution in [2.45, 2.75) is 39.8 Å². The number of rotatable bonds is 5. The lowest BCUT2D eigenvalue weighted by Gasteiger charge is -2.19. The van der Waals surface area contributed by atoms with Crippen LogP contribution in [0.15, 0.2) is 29.0 Å². The van der Waals surface area contributed by atoms with Crippen molar-refractivity contribution < 1.29 is 23.5 Å². The van der Waals surface area contributed by atoms with Crippen molar-refractivity contribution in [3.8, 4) is 5.95 Å². The Morgan fingerprint density at radius 3 is 2.64 bits per heavy atom. The zero-order chi connectivity index (χ0) is 18.6. The SMILES string of the molecule is Cc1ccoc1OC(=O)c1c(N)ccn1CCNC(=O)OC(C)(C)C. The van der Waals surface area contributed by atoms with E-state index in [2.05, 4.69) is 5.32 Å². The maximum atomic E-state index is 12.4. The third kappa shape index (κ3) is 5.03. The number of aryl methyl sites for hydroxylation is 1. The summed E-state index contributed by atoms with van der Waals surface area (Å²) in [5.74, 6) is -0.498. The number of carbonyl (C=O) groups excluding carboxylic acids is 2. The van der Waals surface area contributed by atoms with Crippen molar-refractivity contribution in [2.24, 2.45) is 0 Å². The summed E-state index contributed by atoms with van der Waals surface area (Å²) in [5.41, 5.74) is 6.47. The molecule has 0 radical (unpaired) electrons. The zero-order valence-electron chi connectivity index (χ0n) is 14.8. The molecule has 0 fully saturated rings. The van der Waals surface area contributed by atoms with Gasteiger partial charge in [-0.25, -0.2) is 9.59 Å². The van der Waals surface area contributed by atoms with Crippen LogP contribution in [0.25, 0.3) is 0 Å². The summed E-state index contributed by atoms with van der Waals surface area (Å²) in [6.45, 7) is 7.71. The van der Waals surface area contributed by atoms with Gasteiger partial charge in [-0.3, -0.25) is 0 Å². The number of amides is 1. The highest BCUT2D eigenvalue weighted by Crippen LogP contribution is 2.21. The number of nitrogens with zero attached hydrogens (tertiary/aromatic N) is 1. The molecule has 8 nitrogen and oxygen atoms in total. The minimum Gasteiger partial charge on any atom is -0.444 e. The second-order valence-corrected chi connectivity index (χ2v) is 6.52. The number of nitrogen functional groups attached to an aromatic ring is 1. The van der Waals surface area contributed by atoms with Gasteiger partial charge in [-0.1, -0.05) is 0 Å². The van der Waals surface area contributed by atoms with Gasteiger partial charge in [-0.15, -0.1) is 0 Å². The maximum absolute atomic E-state index is 12.4. The molecule has 8 heteroatoms. The van der Waals surface area contributed by atoms with Gasteiger partial charge in [-0.05, 0) is 39.8 Å². The molecule has 3 N–H and O–H groups in total. The third-order valence-electron chi connectivity index (χ3n) is 3.21. The van der Waals surface area contributed by atoms with Crippen LogP contribution in [0, 0.1) is 6.92 Å².